The number of aromatic nitrogens is 1. The van der Waals surface area contributed by atoms with Gasteiger partial charge in [-0.25, -0.2) is 4.39 Å². The van der Waals surface area contributed by atoms with Crippen molar-refractivity contribution < 1.29 is 13.7 Å². The lowest BCUT2D eigenvalue weighted by atomic mass is 9.83. The van der Waals surface area contributed by atoms with Crippen LogP contribution in [0, 0.1) is 18.7 Å². The van der Waals surface area contributed by atoms with Gasteiger partial charge < -0.3 is 15.2 Å². The van der Waals surface area contributed by atoms with Gasteiger partial charge in [0, 0.05) is 18.3 Å². The Morgan fingerprint density at radius 2 is 2.00 bits per heavy atom. The zero-order valence-electron chi connectivity index (χ0n) is 18.0. The summed E-state index contributed by atoms with van der Waals surface area (Å²) < 4.78 is 19.7. The van der Waals surface area contributed by atoms with E-state index in [4.69, 9.17) is 16.1 Å². The molecule has 1 aliphatic carbocycles. The van der Waals surface area contributed by atoms with E-state index in [9.17, 15) is 9.18 Å². The first kappa shape index (κ1) is 22.3. The topological polar surface area (TPSA) is 67.2 Å². The molecule has 0 bridgehead atoms. The molecule has 2 N–H and O–H groups in total. The summed E-state index contributed by atoms with van der Waals surface area (Å²) in [6.07, 6.45) is 5.11. The minimum absolute atomic E-state index is 0.0659. The predicted molar refractivity (Wildman–Crippen MR) is 124 cm³/mol. The highest BCUT2D eigenvalue weighted by Crippen LogP contribution is 2.34. The molecule has 2 atom stereocenters. The van der Waals surface area contributed by atoms with Crippen LogP contribution in [0.4, 0.5) is 10.1 Å². The number of nitrogens with zero attached hydrogens (tertiary/aromatic N) is 1. The number of amides is 1. The summed E-state index contributed by atoms with van der Waals surface area (Å²) in [5.74, 6) is 0.0418. The minimum Gasteiger partial charge on any atom is -0.385 e. The molecule has 1 aromatic heterocycles. The molecule has 1 amide bonds. The molecule has 1 fully saturated rings. The van der Waals surface area contributed by atoms with Crippen LogP contribution >= 0.6 is 11.6 Å². The number of para-hydroxylation sites is 1. The van der Waals surface area contributed by atoms with Crippen LogP contribution in [0.2, 0.25) is 5.02 Å². The van der Waals surface area contributed by atoms with Crippen LogP contribution in [0.25, 0.3) is 11.3 Å². The Balaban J connectivity index is 1.39. The van der Waals surface area contributed by atoms with E-state index in [2.05, 4.69) is 27.9 Å². The van der Waals surface area contributed by atoms with Crippen LogP contribution in [-0.2, 0) is 0 Å². The first-order valence-corrected chi connectivity index (χ1v) is 11.4. The molecular weight excluding hydrogens is 429 g/mol. The van der Waals surface area contributed by atoms with E-state index in [-0.39, 0.29) is 33.8 Å². The number of halogens is 2. The summed E-state index contributed by atoms with van der Waals surface area (Å²) in [6, 6.07) is 14.6. The van der Waals surface area contributed by atoms with E-state index in [1.165, 1.54) is 12.1 Å². The van der Waals surface area contributed by atoms with Crippen LogP contribution < -0.4 is 10.6 Å². The Hall–Kier alpha value is -2.86. The van der Waals surface area contributed by atoms with E-state index < -0.39 is 5.82 Å². The molecule has 2 aromatic carbocycles. The fourth-order valence-electron chi connectivity index (χ4n) is 4.45. The monoisotopic (exact) mass is 455 g/mol. The fraction of sp³-hybridized carbons (Fsp3) is 0.360. The Bertz CT molecular complexity index is 1050. The quantitative estimate of drug-likeness (QED) is 0.443. The molecule has 3 aromatic rings. The molecule has 1 heterocycles. The number of hydrogen-bond acceptors (Lipinski definition) is 4. The van der Waals surface area contributed by atoms with Gasteiger partial charge in [-0.2, -0.15) is 0 Å². The van der Waals surface area contributed by atoms with E-state index in [0.29, 0.717) is 11.7 Å². The van der Waals surface area contributed by atoms with Crippen molar-refractivity contribution in [3.8, 4) is 11.3 Å². The van der Waals surface area contributed by atoms with Crippen LogP contribution in [0.3, 0.4) is 0 Å². The van der Waals surface area contributed by atoms with Crippen LogP contribution in [-0.4, -0.2) is 23.7 Å². The maximum absolute atomic E-state index is 14.4. The van der Waals surface area contributed by atoms with Crippen molar-refractivity contribution in [3.63, 3.8) is 0 Å². The van der Waals surface area contributed by atoms with Gasteiger partial charge in [-0.1, -0.05) is 53.9 Å². The maximum atomic E-state index is 14.4. The van der Waals surface area contributed by atoms with Gasteiger partial charge in [0.05, 0.1) is 10.6 Å². The molecule has 168 valence electrons. The molecule has 4 rings (SSSR count). The number of nitrogens with one attached hydrogen (secondary N) is 2. The highest BCUT2D eigenvalue weighted by Gasteiger charge is 2.29. The maximum Gasteiger partial charge on any atom is 0.257 e. The molecule has 0 radical (unpaired) electrons. The number of hydrogen-bond donors (Lipinski definition) is 2. The van der Waals surface area contributed by atoms with Gasteiger partial charge in [-0.05, 0) is 56.4 Å². The normalized spacial score (nSPS) is 18.3. The number of aryl methyl sites for hydroxylation is 1. The summed E-state index contributed by atoms with van der Waals surface area (Å²) in [5.41, 5.74) is 1.59. The lowest BCUT2D eigenvalue weighted by Crippen LogP contribution is -2.39. The molecule has 0 saturated heterocycles. The SMILES string of the molecule is Cc1onc(-c2c(F)cccc2Cl)c1C(=O)N[C@H]1CCC[C@@H](CCNc2ccccc2)C1. The van der Waals surface area contributed by atoms with Gasteiger partial charge in [0.1, 0.15) is 22.8 Å². The van der Waals surface area contributed by atoms with Gasteiger partial charge >= 0.3 is 0 Å². The van der Waals surface area contributed by atoms with E-state index in [1.807, 2.05) is 18.2 Å². The van der Waals surface area contributed by atoms with Gasteiger partial charge in [0.2, 0.25) is 0 Å². The highest BCUT2D eigenvalue weighted by molar-refractivity contribution is 6.33. The van der Waals surface area contributed by atoms with E-state index in [0.717, 1.165) is 44.3 Å². The molecule has 0 aliphatic heterocycles. The second-order valence-electron chi connectivity index (χ2n) is 8.34. The van der Waals surface area contributed by atoms with Crippen molar-refractivity contribution in [1.82, 2.24) is 10.5 Å². The van der Waals surface area contributed by atoms with E-state index in [1.54, 1.807) is 13.0 Å². The third kappa shape index (κ3) is 5.13. The number of anilines is 1. The average molecular weight is 456 g/mol. The van der Waals surface area contributed by atoms with Crippen molar-refractivity contribution in [3.05, 3.63) is 70.7 Å². The summed E-state index contributed by atoms with van der Waals surface area (Å²) >= 11 is 6.19. The zero-order valence-corrected chi connectivity index (χ0v) is 18.8. The summed E-state index contributed by atoms with van der Waals surface area (Å²) in [5, 5.41) is 10.7. The molecule has 32 heavy (non-hydrogen) atoms. The number of carbonyl (C=O) groups excluding carboxylic acids is 1. The first-order chi connectivity index (χ1) is 15.5. The van der Waals surface area contributed by atoms with Gasteiger partial charge in [-0.15, -0.1) is 0 Å². The van der Waals surface area contributed by atoms with Crippen molar-refractivity contribution in [1.29, 1.82) is 0 Å². The van der Waals surface area contributed by atoms with Crippen molar-refractivity contribution >= 4 is 23.2 Å². The first-order valence-electron chi connectivity index (χ1n) is 11.0. The summed E-state index contributed by atoms with van der Waals surface area (Å²) in [4.78, 5) is 13.1. The third-order valence-corrected chi connectivity index (χ3v) is 6.38. The molecule has 5 nitrogen and oxygen atoms in total. The standard InChI is InChI=1S/C25H27ClFN3O2/c1-16-22(24(30-32-16)23-20(26)11-6-12-21(23)27)25(31)29-19-10-5-7-17(15-19)13-14-28-18-8-3-2-4-9-18/h2-4,6,8-9,11-12,17,19,28H,5,7,10,13-15H2,1H3,(H,29,31)/t17-,19-/m0/s1. The predicted octanol–water partition coefficient (Wildman–Crippen LogP) is 6.23. The molecule has 7 heteroatoms. The Morgan fingerprint density at radius 3 is 2.78 bits per heavy atom. The van der Waals surface area contributed by atoms with Crippen molar-refractivity contribution in [2.24, 2.45) is 5.92 Å². The summed E-state index contributed by atoms with van der Waals surface area (Å²) in [7, 11) is 0. The minimum atomic E-state index is -0.538. The zero-order chi connectivity index (χ0) is 22.5. The highest BCUT2D eigenvalue weighted by atomic mass is 35.5. The second kappa shape index (κ2) is 10.2. The van der Waals surface area contributed by atoms with Crippen LogP contribution in [0.5, 0.6) is 0 Å². The molecule has 0 unspecified atom stereocenters. The van der Waals surface area contributed by atoms with Crippen LogP contribution in [0.1, 0.15) is 48.2 Å². The largest absolute Gasteiger partial charge is 0.385 e. The van der Waals surface area contributed by atoms with Crippen molar-refractivity contribution in [2.75, 3.05) is 11.9 Å². The number of benzene rings is 2. The fourth-order valence-corrected chi connectivity index (χ4v) is 4.71. The van der Waals surface area contributed by atoms with Crippen molar-refractivity contribution in [2.45, 2.75) is 45.1 Å². The number of rotatable bonds is 7. The lowest BCUT2D eigenvalue weighted by molar-refractivity contribution is 0.0918. The molecule has 1 aliphatic rings. The smallest absolute Gasteiger partial charge is 0.257 e. The molecular formula is C25H27ClFN3O2. The molecule has 0 spiro atoms. The lowest BCUT2D eigenvalue weighted by Gasteiger charge is -2.30. The average Bonchev–Trinajstić information content (AvgIpc) is 3.16. The van der Waals surface area contributed by atoms with Gasteiger partial charge in [0.25, 0.3) is 5.91 Å². The second-order valence-corrected chi connectivity index (χ2v) is 8.75. The number of carbonyl (C=O) groups is 1. The molecule has 1 saturated carbocycles. The Labute approximate surface area is 192 Å². The summed E-state index contributed by atoms with van der Waals surface area (Å²) in [6.45, 7) is 2.55. The Morgan fingerprint density at radius 1 is 1.19 bits per heavy atom. The van der Waals surface area contributed by atoms with Crippen LogP contribution in [0.15, 0.2) is 53.1 Å². The van der Waals surface area contributed by atoms with Gasteiger partial charge in [0.15, 0.2) is 0 Å². The Kier molecular flexibility index (Phi) is 7.10. The third-order valence-electron chi connectivity index (χ3n) is 6.06. The van der Waals surface area contributed by atoms with Gasteiger partial charge in [-0.3, -0.25) is 4.79 Å². The van der Waals surface area contributed by atoms with E-state index >= 15 is 0 Å².